The standard InChI is InChI=1S/C22H18N4O3/c23-21(27)13-4-6-14(7-5-13)22-25-19(20(26-22)16-3-1-2-10-24-16)15-8-9-17-18(11-15)29-12-28-17/h1-4,6-11,13H,5,12H2,(H2,23,27)(H,25,26). The SMILES string of the molecule is NC(=O)C1C=CC(c2nc(-c3ccc4c(c3)OCO4)c(-c3ccccn3)[nH]2)=CC1. The van der Waals surface area contributed by atoms with Crippen molar-refractivity contribution in [1.82, 2.24) is 15.0 Å². The van der Waals surface area contributed by atoms with Gasteiger partial charge in [0.1, 0.15) is 5.82 Å². The normalized spacial score (nSPS) is 17.2. The van der Waals surface area contributed by atoms with Crippen LogP contribution >= 0.6 is 0 Å². The van der Waals surface area contributed by atoms with Crippen molar-refractivity contribution in [3.8, 4) is 34.1 Å². The number of pyridine rings is 1. The van der Waals surface area contributed by atoms with Crippen molar-refractivity contribution >= 4 is 11.5 Å². The number of imidazole rings is 1. The van der Waals surface area contributed by atoms with Gasteiger partial charge in [-0.3, -0.25) is 9.78 Å². The number of primary amides is 1. The van der Waals surface area contributed by atoms with E-state index in [-0.39, 0.29) is 18.6 Å². The summed E-state index contributed by atoms with van der Waals surface area (Å²) in [5, 5.41) is 0. The molecular formula is C22H18N4O3. The fourth-order valence-electron chi connectivity index (χ4n) is 3.47. The molecule has 1 aliphatic heterocycles. The lowest BCUT2D eigenvalue weighted by molar-refractivity contribution is -0.120. The summed E-state index contributed by atoms with van der Waals surface area (Å²) in [6.07, 6.45) is 7.97. The van der Waals surface area contributed by atoms with Crippen LogP contribution in [0.2, 0.25) is 0 Å². The van der Waals surface area contributed by atoms with Crippen molar-refractivity contribution in [2.75, 3.05) is 6.79 Å². The van der Waals surface area contributed by atoms with Gasteiger partial charge in [0, 0.05) is 17.3 Å². The van der Waals surface area contributed by atoms with Crippen molar-refractivity contribution in [2.45, 2.75) is 6.42 Å². The Labute approximate surface area is 166 Å². The minimum absolute atomic E-state index is 0.219. The third-order valence-corrected chi connectivity index (χ3v) is 5.01. The van der Waals surface area contributed by atoms with E-state index in [1.165, 1.54) is 0 Å². The molecule has 0 bridgehead atoms. The molecule has 0 saturated heterocycles. The molecule has 3 heterocycles. The molecule has 1 atom stereocenters. The molecule has 0 spiro atoms. The molecule has 0 fully saturated rings. The molecule has 29 heavy (non-hydrogen) atoms. The number of nitrogens with one attached hydrogen (secondary N) is 1. The van der Waals surface area contributed by atoms with Gasteiger partial charge in [-0.15, -0.1) is 0 Å². The molecule has 1 aromatic carbocycles. The minimum atomic E-state index is -0.328. The number of hydrogen-bond acceptors (Lipinski definition) is 5. The summed E-state index contributed by atoms with van der Waals surface area (Å²) < 4.78 is 10.9. The van der Waals surface area contributed by atoms with Crippen molar-refractivity contribution in [2.24, 2.45) is 11.7 Å². The summed E-state index contributed by atoms with van der Waals surface area (Å²) in [4.78, 5) is 24.1. The van der Waals surface area contributed by atoms with Gasteiger partial charge in [0.15, 0.2) is 11.5 Å². The number of rotatable bonds is 4. The van der Waals surface area contributed by atoms with Gasteiger partial charge in [-0.05, 0) is 36.8 Å². The lowest BCUT2D eigenvalue weighted by Crippen LogP contribution is -2.22. The van der Waals surface area contributed by atoms with Crippen LogP contribution in [0.15, 0.2) is 60.8 Å². The predicted octanol–water partition coefficient (Wildman–Crippen LogP) is 3.31. The first-order chi connectivity index (χ1) is 14.2. The summed E-state index contributed by atoms with van der Waals surface area (Å²) in [5.41, 5.74) is 9.57. The molecule has 3 aromatic rings. The zero-order valence-corrected chi connectivity index (χ0v) is 15.5. The van der Waals surface area contributed by atoms with Gasteiger partial charge < -0.3 is 20.2 Å². The first kappa shape index (κ1) is 17.2. The van der Waals surface area contributed by atoms with Crippen LogP contribution in [0.5, 0.6) is 11.5 Å². The number of H-pyrrole nitrogens is 1. The highest BCUT2D eigenvalue weighted by molar-refractivity contribution is 5.85. The number of aromatic nitrogens is 3. The topological polar surface area (TPSA) is 103 Å². The lowest BCUT2D eigenvalue weighted by Gasteiger charge is -2.11. The van der Waals surface area contributed by atoms with Crippen LogP contribution < -0.4 is 15.2 Å². The van der Waals surface area contributed by atoms with Gasteiger partial charge in [-0.25, -0.2) is 4.98 Å². The second kappa shape index (κ2) is 6.94. The van der Waals surface area contributed by atoms with E-state index >= 15 is 0 Å². The molecule has 1 amide bonds. The Kier molecular flexibility index (Phi) is 4.13. The number of benzene rings is 1. The summed E-state index contributed by atoms with van der Waals surface area (Å²) >= 11 is 0. The second-order valence-electron chi connectivity index (χ2n) is 6.86. The smallest absolute Gasteiger partial charge is 0.231 e. The van der Waals surface area contributed by atoms with Gasteiger partial charge in [0.25, 0.3) is 0 Å². The number of nitrogens with zero attached hydrogens (tertiary/aromatic N) is 2. The highest BCUT2D eigenvalue weighted by Crippen LogP contribution is 2.38. The predicted molar refractivity (Wildman–Crippen MR) is 108 cm³/mol. The highest BCUT2D eigenvalue weighted by atomic mass is 16.7. The quantitative estimate of drug-likeness (QED) is 0.716. The third-order valence-electron chi connectivity index (χ3n) is 5.01. The molecule has 3 N–H and O–H groups in total. The van der Waals surface area contributed by atoms with Crippen molar-refractivity contribution < 1.29 is 14.3 Å². The molecule has 0 saturated carbocycles. The van der Waals surface area contributed by atoms with Crippen LogP contribution in [0.4, 0.5) is 0 Å². The average Bonchev–Trinajstić information content (AvgIpc) is 3.41. The van der Waals surface area contributed by atoms with E-state index in [1.807, 2.05) is 54.6 Å². The van der Waals surface area contributed by atoms with Gasteiger partial charge in [-0.1, -0.05) is 24.3 Å². The Morgan fingerprint density at radius 3 is 2.83 bits per heavy atom. The van der Waals surface area contributed by atoms with Crippen LogP contribution in [0.3, 0.4) is 0 Å². The number of nitrogens with two attached hydrogens (primary N) is 1. The maximum absolute atomic E-state index is 11.4. The van der Waals surface area contributed by atoms with E-state index in [4.69, 9.17) is 20.2 Å². The van der Waals surface area contributed by atoms with Crippen LogP contribution in [0.1, 0.15) is 12.2 Å². The van der Waals surface area contributed by atoms with Crippen LogP contribution in [0, 0.1) is 5.92 Å². The van der Waals surface area contributed by atoms with Crippen LogP contribution in [0.25, 0.3) is 28.2 Å². The molecule has 2 aromatic heterocycles. The van der Waals surface area contributed by atoms with E-state index < -0.39 is 0 Å². The Morgan fingerprint density at radius 2 is 2.07 bits per heavy atom. The fourth-order valence-corrected chi connectivity index (χ4v) is 3.47. The average molecular weight is 386 g/mol. The van der Waals surface area contributed by atoms with Gasteiger partial charge in [0.2, 0.25) is 12.7 Å². The molecule has 7 nitrogen and oxygen atoms in total. The molecule has 144 valence electrons. The Hall–Kier alpha value is -3.87. The maximum atomic E-state index is 11.4. The largest absolute Gasteiger partial charge is 0.454 e. The third kappa shape index (κ3) is 3.16. The molecule has 5 rings (SSSR count). The Bertz CT molecular complexity index is 1150. The summed E-state index contributed by atoms with van der Waals surface area (Å²) in [6.45, 7) is 0.219. The Morgan fingerprint density at radius 1 is 1.17 bits per heavy atom. The number of hydrogen-bond donors (Lipinski definition) is 2. The van der Waals surface area contributed by atoms with E-state index in [1.54, 1.807) is 6.20 Å². The summed E-state index contributed by atoms with van der Waals surface area (Å²) in [5.74, 6) is 1.51. The van der Waals surface area contributed by atoms with Crippen molar-refractivity contribution in [3.63, 3.8) is 0 Å². The van der Waals surface area contributed by atoms with Crippen LogP contribution in [-0.2, 0) is 4.79 Å². The van der Waals surface area contributed by atoms with E-state index in [2.05, 4.69) is 9.97 Å². The molecule has 1 aliphatic carbocycles. The lowest BCUT2D eigenvalue weighted by atomic mass is 9.96. The first-order valence-corrected chi connectivity index (χ1v) is 9.28. The minimum Gasteiger partial charge on any atom is -0.454 e. The molecular weight excluding hydrogens is 368 g/mol. The first-order valence-electron chi connectivity index (χ1n) is 9.28. The van der Waals surface area contributed by atoms with Crippen LogP contribution in [-0.4, -0.2) is 27.7 Å². The van der Waals surface area contributed by atoms with Crippen molar-refractivity contribution in [3.05, 3.63) is 66.6 Å². The molecule has 7 heteroatoms. The number of ether oxygens (including phenoxy) is 2. The monoisotopic (exact) mass is 386 g/mol. The number of allylic oxidation sites excluding steroid dienone is 3. The molecule has 1 unspecified atom stereocenters. The van der Waals surface area contributed by atoms with Gasteiger partial charge in [0.05, 0.1) is 23.0 Å². The summed E-state index contributed by atoms with van der Waals surface area (Å²) in [6, 6.07) is 11.5. The van der Waals surface area contributed by atoms with E-state index in [0.717, 1.165) is 34.0 Å². The number of amides is 1. The second-order valence-corrected chi connectivity index (χ2v) is 6.86. The number of carbonyl (C=O) groups excluding carboxylic acids is 1. The molecule has 0 radical (unpaired) electrons. The van der Waals surface area contributed by atoms with Gasteiger partial charge >= 0.3 is 0 Å². The summed E-state index contributed by atoms with van der Waals surface area (Å²) in [7, 11) is 0. The number of fused-ring (bicyclic) bond motifs is 1. The maximum Gasteiger partial charge on any atom is 0.231 e. The zero-order valence-electron chi connectivity index (χ0n) is 15.5. The van der Waals surface area contributed by atoms with Crippen molar-refractivity contribution in [1.29, 1.82) is 0 Å². The van der Waals surface area contributed by atoms with Gasteiger partial charge in [-0.2, -0.15) is 0 Å². The number of carbonyl (C=O) groups is 1. The van der Waals surface area contributed by atoms with E-state index in [0.29, 0.717) is 18.0 Å². The fraction of sp³-hybridized carbons (Fsp3) is 0.136. The Balaban J connectivity index is 1.59. The number of aromatic amines is 1. The van der Waals surface area contributed by atoms with E-state index in [9.17, 15) is 4.79 Å². The molecule has 2 aliphatic rings. The zero-order chi connectivity index (χ0) is 19.8. The highest BCUT2D eigenvalue weighted by Gasteiger charge is 2.21.